The summed E-state index contributed by atoms with van der Waals surface area (Å²) in [4.78, 5) is 35.8. The van der Waals surface area contributed by atoms with Gasteiger partial charge in [0, 0.05) is 36.9 Å². The lowest BCUT2D eigenvalue weighted by Gasteiger charge is -2.27. The summed E-state index contributed by atoms with van der Waals surface area (Å²) in [5.74, 6) is -1.98. The van der Waals surface area contributed by atoms with E-state index < -0.39 is 11.9 Å². The molecule has 7 nitrogen and oxygen atoms in total. The Balaban J connectivity index is 1.54. The van der Waals surface area contributed by atoms with Gasteiger partial charge in [0.1, 0.15) is 0 Å². The molecular formula is C19H24N2O5. The number of ether oxygens (including phenoxy) is 1. The van der Waals surface area contributed by atoms with Crippen molar-refractivity contribution < 1.29 is 24.2 Å². The molecule has 1 aromatic carbocycles. The highest BCUT2D eigenvalue weighted by Gasteiger charge is 2.30. The summed E-state index contributed by atoms with van der Waals surface area (Å²) in [5.41, 5.74) is 0.920. The van der Waals surface area contributed by atoms with Gasteiger partial charge < -0.3 is 20.5 Å². The third kappa shape index (κ3) is 4.82. The first kappa shape index (κ1) is 18.4. The molecule has 7 heteroatoms. The van der Waals surface area contributed by atoms with E-state index in [1.54, 1.807) is 24.3 Å². The molecule has 2 aliphatic rings. The topological polar surface area (TPSA) is 105 Å². The number of rotatable bonds is 7. The van der Waals surface area contributed by atoms with Crippen LogP contribution in [0, 0.1) is 11.8 Å². The van der Waals surface area contributed by atoms with Gasteiger partial charge in [0.2, 0.25) is 0 Å². The number of carbonyl (C=O) groups excluding carboxylic acids is 2. The minimum absolute atomic E-state index is 0.00930. The summed E-state index contributed by atoms with van der Waals surface area (Å²) >= 11 is 0. The molecule has 140 valence electrons. The third-order valence-corrected chi connectivity index (χ3v) is 4.96. The van der Waals surface area contributed by atoms with Crippen LogP contribution < -0.4 is 10.6 Å². The minimum Gasteiger partial charge on any atom is -0.481 e. The van der Waals surface area contributed by atoms with Crippen LogP contribution in [0.1, 0.15) is 46.4 Å². The first-order valence-electron chi connectivity index (χ1n) is 9.04. The highest BCUT2D eigenvalue weighted by atomic mass is 16.5. The van der Waals surface area contributed by atoms with Gasteiger partial charge in [0.05, 0.1) is 5.92 Å². The zero-order chi connectivity index (χ0) is 18.5. The number of benzene rings is 1. The van der Waals surface area contributed by atoms with Crippen molar-refractivity contribution in [2.24, 2.45) is 11.8 Å². The molecule has 1 unspecified atom stereocenters. The van der Waals surface area contributed by atoms with Crippen molar-refractivity contribution >= 4 is 17.8 Å². The van der Waals surface area contributed by atoms with Gasteiger partial charge in [0.25, 0.3) is 11.8 Å². The molecule has 26 heavy (non-hydrogen) atoms. The van der Waals surface area contributed by atoms with Crippen molar-refractivity contribution in [3.63, 3.8) is 0 Å². The SMILES string of the molecule is O=C(NCC(C(=O)O)C1CCOCC1)c1ccc(C(=O)NC2CC2)cc1. The number of carbonyl (C=O) groups is 3. The Bertz CT molecular complexity index is 663. The van der Waals surface area contributed by atoms with Crippen molar-refractivity contribution in [2.45, 2.75) is 31.7 Å². The monoisotopic (exact) mass is 360 g/mol. The first-order valence-corrected chi connectivity index (χ1v) is 9.04. The smallest absolute Gasteiger partial charge is 0.308 e. The Morgan fingerprint density at radius 3 is 2.12 bits per heavy atom. The summed E-state index contributed by atoms with van der Waals surface area (Å²) in [5, 5.41) is 15.0. The van der Waals surface area contributed by atoms with E-state index in [4.69, 9.17) is 4.74 Å². The van der Waals surface area contributed by atoms with Crippen LogP contribution in [0.3, 0.4) is 0 Å². The average Bonchev–Trinajstić information content (AvgIpc) is 3.46. The van der Waals surface area contributed by atoms with Crippen molar-refractivity contribution in [3.05, 3.63) is 35.4 Å². The number of hydrogen-bond donors (Lipinski definition) is 3. The molecule has 1 aliphatic heterocycles. The Morgan fingerprint density at radius 2 is 1.58 bits per heavy atom. The number of carboxylic acids is 1. The molecule has 0 spiro atoms. The van der Waals surface area contributed by atoms with E-state index in [1.165, 1.54) is 0 Å². The average molecular weight is 360 g/mol. The predicted molar refractivity (Wildman–Crippen MR) is 93.9 cm³/mol. The second-order valence-corrected chi connectivity index (χ2v) is 6.93. The molecule has 1 saturated carbocycles. The summed E-state index contributed by atoms with van der Waals surface area (Å²) in [6.07, 6.45) is 3.42. The summed E-state index contributed by atoms with van der Waals surface area (Å²) < 4.78 is 5.27. The van der Waals surface area contributed by atoms with Gasteiger partial charge in [-0.15, -0.1) is 0 Å². The van der Waals surface area contributed by atoms with Crippen molar-refractivity contribution in [1.82, 2.24) is 10.6 Å². The maximum atomic E-state index is 12.3. The van der Waals surface area contributed by atoms with Crippen LogP contribution in [0.4, 0.5) is 0 Å². The molecule has 1 atom stereocenters. The van der Waals surface area contributed by atoms with Gasteiger partial charge in [-0.3, -0.25) is 14.4 Å². The van der Waals surface area contributed by atoms with Crippen LogP contribution in [-0.2, 0) is 9.53 Å². The largest absolute Gasteiger partial charge is 0.481 e. The standard InChI is InChI=1S/C19H24N2O5/c22-17(20-11-16(19(24)25)12-7-9-26-10-8-12)13-1-3-14(4-2-13)18(23)21-15-5-6-15/h1-4,12,15-16H,5-11H2,(H,20,22)(H,21,23)(H,24,25). The minimum atomic E-state index is -0.899. The van der Waals surface area contributed by atoms with Crippen molar-refractivity contribution in [1.29, 1.82) is 0 Å². The fourth-order valence-corrected chi connectivity index (χ4v) is 3.15. The molecule has 1 aromatic rings. The molecule has 3 rings (SSSR count). The van der Waals surface area contributed by atoms with Gasteiger partial charge in [-0.25, -0.2) is 0 Å². The van der Waals surface area contributed by atoms with Gasteiger partial charge in [-0.05, 0) is 55.9 Å². The van der Waals surface area contributed by atoms with E-state index >= 15 is 0 Å². The lowest BCUT2D eigenvalue weighted by Crippen LogP contribution is -2.39. The van der Waals surface area contributed by atoms with E-state index in [0.717, 1.165) is 12.8 Å². The van der Waals surface area contributed by atoms with Gasteiger partial charge >= 0.3 is 5.97 Å². The second kappa shape index (κ2) is 8.31. The molecule has 1 aliphatic carbocycles. The number of hydrogen-bond acceptors (Lipinski definition) is 4. The molecule has 0 aromatic heterocycles. The van der Waals surface area contributed by atoms with Gasteiger partial charge in [0.15, 0.2) is 0 Å². The van der Waals surface area contributed by atoms with Gasteiger partial charge in [-0.2, -0.15) is 0 Å². The Labute approximate surface area is 152 Å². The van der Waals surface area contributed by atoms with E-state index in [9.17, 15) is 19.5 Å². The fourth-order valence-electron chi connectivity index (χ4n) is 3.15. The summed E-state index contributed by atoms with van der Waals surface area (Å²) in [6.45, 7) is 1.21. The Morgan fingerprint density at radius 1 is 1.00 bits per heavy atom. The first-order chi connectivity index (χ1) is 12.5. The molecule has 0 radical (unpaired) electrons. The van der Waals surface area contributed by atoms with E-state index in [2.05, 4.69) is 10.6 Å². The quantitative estimate of drug-likeness (QED) is 0.682. The Kier molecular flexibility index (Phi) is 5.88. The van der Waals surface area contributed by atoms with Crippen LogP contribution in [0.2, 0.25) is 0 Å². The number of aliphatic carboxylic acids is 1. The zero-order valence-electron chi connectivity index (χ0n) is 14.6. The normalized spacial score (nSPS) is 18.8. The molecule has 0 bridgehead atoms. The van der Waals surface area contributed by atoms with Gasteiger partial charge in [-0.1, -0.05) is 0 Å². The van der Waals surface area contributed by atoms with E-state index in [1.807, 2.05) is 0 Å². The predicted octanol–water partition coefficient (Wildman–Crippen LogP) is 1.44. The van der Waals surface area contributed by atoms with E-state index in [0.29, 0.717) is 37.2 Å². The number of carboxylic acid groups (broad SMARTS) is 1. The molecule has 3 N–H and O–H groups in total. The van der Waals surface area contributed by atoms with Crippen molar-refractivity contribution in [2.75, 3.05) is 19.8 Å². The summed E-state index contributed by atoms with van der Waals surface area (Å²) in [7, 11) is 0. The lowest BCUT2D eigenvalue weighted by atomic mass is 9.86. The fraction of sp³-hybridized carbons (Fsp3) is 0.526. The van der Waals surface area contributed by atoms with Crippen LogP contribution in [0.25, 0.3) is 0 Å². The summed E-state index contributed by atoms with van der Waals surface area (Å²) in [6, 6.07) is 6.67. The number of nitrogens with one attached hydrogen (secondary N) is 2. The van der Waals surface area contributed by atoms with E-state index in [-0.39, 0.29) is 30.3 Å². The third-order valence-electron chi connectivity index (χ3n) is 4.96. The molecule has 2 fully saturated rings. The molecule has 2 amide bonds. The molecular weight excluding hydrogens is 336 g/mol. The van der Waals surface area contributed by atoms with Crippen LogP contribution in [-0.4, -0.2) is 48.7 Å². The molecule has 1 saturated heterocycles. The second-order valence-electron chi connectivity index (χ2n) is 6.93. The highest BCUT2D eigenvalue weighted by molar-refractivity contribution is 5.98. The zero-order valence-corrected chi connectivity index (χ0v) is 14.6. The Hall–Kier alpha value is -2.41. The number of amides is 2. The van der Waals surface area contributed by atoms with Crippen LogP contribution in [0.5, 0.6) is 0 Å². The van der Waals surface area contributed by atoms with Crippen LogP contribution >= 0.6 is 0 Å². The van der Waals surface area contributed by atoms with Crippen LogP contribution in [0.15, 0.2) is 24.3 Å². The highest BCUT2D eigenvalue weighted by Crippen LogP contribution is 2.24. The van der Waals surface area contributed by atoms with Crippen molar-refractivity contribution in [3.8, 4) is 0 Å². The maximum Gasteiger partial charge on any atom is 0.308 e. The molecule has 1 heterocycles. The lowest BCUT2D eigenvalue weighted by molar-refractivity contribution is -0.144. The maximum absolute atomic E-state index is 12.3.